The third kappa shape index (κ3) is 4.16. The molecule has 0 aliphatic heterocycles. The highest BCUT2D eigenvalue weighted by Gasteiger charge is 2.27. The lowest BCUT2D eigenvalue weighted by Crippen LogP contribution is -2.12. The standard InChI is InChI=1S/C19H12F5NO3S/c1-10-5-7-13(8-6-10)29(26,27)25-11-3-2-4-12(9-11)28-19-17(23)15(21)14(20)16(22)18(19)24/h2-9,25H,1H3. The fourth-order valence-electron chi connectivity index (χ4n) is 2.35. The Hall–Kier alpha value is -3.14. The van der Waals surface area contributed by atoms with Crippen molar-refractivity contribution in [1.82, 2.24) is 0 Å². The molecule has 0 saturated heterocycles. The summed E-state index contributed by atoms with van der Waals surface area (Å²) in [4.78, 5) is -0.0332. The fourth-order valence-corrected chi connectivity index (χ4v) is 3.40. The number of aryl methyl sites for hydroxylation is 1. The molecule has 0 aliphatic rings. The molecule has 0 unspecified atom stereocenters. The Bertz CT molecular complexity index is 1150. The van der Waals surface area contributed by atoms with Crippen LogP contribution in [-0.4, -0.2) is 8.42 Å². The minimum atomic E-state index is -3.98. The predicted molar refractivity (Wildman–Crippen MR) is 94.7 cm³/mol. The number of rotatable bonds is 5. The molecular weight excluding hydrogens is 417 g/mol. The number of ether oxygens (including phenoxy) is 1. The number of hydrogen-bond donors (Lipinski definition) is 1. The van der Waals surface area contributed by atoms with E-state index >= 15 is 0 Å². The maximum atomic E-state index is 13.8. The topological polar surface area (TPSA) is 55.4 Å². The molecule has 0 bridgehead atoms. The van der Waals surface area contributed by atoms with Gasteiger partial charge in [-0.2, -0.15) is 8.78 Å². The van der Waals surface area contributed by atoms with Crippen LogP contribution in [0.15, 0.2) is 53.4 Å². The van der Waals surface area contributed by atoms with Crippen LogP contribution in [0.5, 0.6) is 11.5 Å². The smallest absolute Gasteiger partial charge is 0.261 e. The van der Waals surface area contributed by atoms with Gasteiger partial charge in [0.15, 0.2) is 0 Å². The van der Waals surface area contributed by atoms with E-state index in [2.05, 4.69) is 4.72 Å². The SMILES string of the molecule is Cc1ccc(S(=O)(=O)Nc2cccc(Oc3c(F)c(F)c(F)c(F)c3F)c2)cc1. The van der Waals surface area contributed by atoms with Crippen molar-refractivity contribution in [1.29, 1.82) is 0 Å². The molecule has 0 fully saturated rings. The van der Waals surface area contributed by atoms with Gasteiger partial charge in [-0.05, 0) is 31.2 Å². The molecule has 10 heteroatoms. The minimum Gasteiger partial charge on any atom is -0.451 e. The third-order valence-electron chi connectivity index (χ3n) is 3.81. The first-order chi connectivity index (χ1) is 13.6. The van der Waals surface area contributed by atoms with Crippen LogP contribution in [0.4, 0.5) is 27.6 Å². The summed E-state index contributed by atoms with van der Waals surface area (Å²) < 4.78 is 99.1. The quantitative estimate of drug-likeness (QED) is 0.341. The average Bonchev–Trinajstić information content (AvgIpc) is 2.68. The molecule has 0 spiro atoms. The van der Waals surface area contributed by atoms with Crippen molar-refractivity contribution >= 4 is 15.7 Å². The van der Waals surface area contributed by atoms with Crippen molar-refractivity contribution in [3.63, 3.8) is 0 Å². The van der Waals surface area contributed by atoms with Crippen molar-refractivity contribution in [3.8, 4) is 11.5 Å². The van der Waals surface area contributed by atoms with Crippen LogP contribution in [0.3, 0.4) is 0 Å². The Kier molecular flexibility index (Phi) is 5.47. The van der Waals surface area contributed by atoms with E-state index in [0.29, 0.717) is 0 Å². The second-order valence-electron chi connectivity index (χ2n) is 5.95. The van der Waals surface area contributed by atoms with Gasteiger partial charge < -0.3 is 4.74 Å². The molecule has 3 rings (SSSR count). The molecule has 0 heterocycles. The van der Waals surface area contributed by atoms with E-state index in [4.69, 9.17) is 4.74 Å². The molecular formula is C19H12F5NO3S. The Labute approximate surface area is 162 Å². The van der Waals surface area contributed by atoms with Crippen molar-refractivity contribution in [2.24, 2.45) is 0 Å². The summed E-state index contributed by atoms with van der Waals surface area (Å²) >= 11 is 0. The highest BCUT2D eigenvalue weighted by atomic mass is 32.2. The van der Waals surface area contributed by atoms with Crippen LogP contribution in [0.25, 0.3) is 0 Å². The van der Waals surface area contributed by atoms with Crippen molar-refractivity contribution in [3.05, 3.63) is 83.2 Å². The van der Waals surface area contributed by atoms with E-state index in [9.17, 15) is 30.4 Å². The van der Waals surface area contributed by atoms with Gasteiger partial charge in [-0.15, -0.1) is 0 Å². The molecule has 0 saturated carbocycles. The summed E-state index contributed by atoms with van der Waals surface area (Å²) in [5.74, 6) is -12.8. The van der Waals surface area contributed by atoms with Crippen LogP contribution < -0.4 is 9.46 Å². The maximum Gasteiger partial charge on any atom is 0.261 e. The molecule has 0 radical (unpaired) electrons. The molecule has 0 aliphatic carbocycles. The first-order valence-electron chi connectivity index (χ1n) is 7.99. The minimum absolute atomic E-state index is 0.0332. The summed E-state index contributed by atoms with van der Waals surface area (Å²) in [6, 6.07) is 10.7. The van der Waals surface area contributed by atoms with Gasteiger partial charge in [-0.1, -0.05) is 23.8 Å². The monoisotopic (exact) mass is 429 g/mol. The number of hydrogen-bond acceptors (Lipinski definition) is 3. The van der Waals surface area contributed by atoms with E-state index in [0.717, 1.165) is 17.7 Å². The molecule has 0 aromatic heterocycles. The predicted octanol–water partition coefficient (Wildman–Crippen LogP) is 5.28. The van der Waals surface area contributed by atoms with Crippen molar-refractivity contribution in [2.45, 2.75) is 11.8 Å². The van der Waals surface area contributed by atoms with Gasteiger partial charge in [0.1, 0.15) is 5.75 Å². The number of nitrogens with one attached hydrogen (secondary N) is 1. The summed E-state index contributed by atoms with van der Waals surface area (Å²) in [5.41, 5.74) is 0.800. The van der Waals surface area contributed by atoms with Crippen molar-refractivity contribution in [2.75, 3.05) is 4.72 Å². The zero-order chi connectivity index (χ0) is 21.3. The summed E-state index contributed by atoms with van der Waals surface area (Å²) in [6.07, 6.45) is 0. The van der Waals surface area contributed by atoms with Gasteiger partial charge in [0.25, 0.3) is 10.0 Å². The third-order valence-corrected chi connectivity index (χ3v) is 5.20. The Morgan fingerprint density at radius 1 is 0.793 bits per heavy atom. The molecule has 3 aromatic carbocycles. The van der Waals surface area contributed by atoms with Gasteiger partial charge in [0.2, 0.25) is 34.8 Å². The molecule has 0 amide bonds. The number of anilines is 1. The normalized spacial score (nSPS) is 11.4. The first-order valence-corrected chi connectivity index (χ1v) is 9.47. The van der Waals surface area contributed by atoms with Crippen LogP contribution in [0.2, 0.25) is 0 Å². The zero-order valence-corrected chi connectivity index (χ0v) is 15.5. The largest absolute Gasteiger partial charge is 0.451 e. The Balaban J connectivity index is 1.91. The molecule has 1 N–H and O–H groups in total. The lowest BCUT2D eigenvalue weighted by atomic mass is 10.2. The molecule has 152 valence electrons. The van der Waals surface area contributed by atoms with Gasteiger partial charge in [-0.3, -0.25) is 4.72 Å². The van der Waals surface area contributed by atoms with Gasteiger partial charge >= 0.3 is 0 Å². The first kappa shape index (κ1) is 20.6. The fraction of sp³-hybridized carbons (Fsp3) is 0.0526. The van der Waals surface area contributed by atoms with Crippen molar-refractivity contribution < 1.29 is 35.1 Å². The maximum absolute atomic E-state index is 13.8. The number of sulfonamides is 1. The van der Waals surface area contributed by atoms with Gasteiger partial charge in [-0.25, -0.2) is 21.6 Å². The molecule has 4 nitrogen and oxygen atoms in total. The lowest BCUT2D eigenvalue weighted by Gasteiger charge is -2.12. The molecule has 29 heavy (non-hydrogen) atoms. The van der Waals surface area contributed by atoms with Crippen LogP contribution in [0, 0.1) is 36.0 Å². The highest BCUT2D eigenvalue weighted by molar-refractivity contribution is 7.92. The van der Waals surface area contributed by atoms with Gasteiger partial charge in [0, 0.05) is 6.07 Å². The van der Waals surface area contributed by atoms with Gasteiger partial charge in [0.05, 0.1) is 10.6 Å². The van der Waals surface area contributed by atoms with E-state index in [1.165, 1.54) is 24.3 Å². The lowest BCUT2D eigenvalue weighted by molar-refractivity contribution is 0.332. The highest BCUT2D eigenvalue weighted by Crippen LogP contribution is 2.33. The second kappa shape index (κ2) is 7.70. The second-order valence-corrected chi connectivity index (χ2v) is 7.63. The van der Waals surface area contributed by atoms with E-state index in [-0.39, 0.29) is 16.3 Å². The summed E-state index contributed by atoms with van der Waals surface area (Å²) in [7, 11) is -3.98. The average molecular weight is 429 g/mol. The van der Waals surface area contributed by atoms with Crippen LogP contribution >= 0.6 is 0 Å². The summed E-state index contributed by atoms with van der Waals surface area (Å²) in [6.45, 7) is 1.78. The van der Waals surface area contributed by atoms with E-state index in [1.807, 2.05) is 0 Å². The molecule has 0 atom stereocenters. The van der Waals surface area contributed by atoms with E-state index < -0.39 is 44.9 Å². The van der Waals surface area contributed by atoms with Crippen LogP contribution in [0.1, 0.15) is 5.56 Å². The number of benzene rings is 3. The van der Waals surface area contributed by atoms with Crippen LogP contribution in [-0.2, 0) is 10.0 Å². The number of halogens is 5. The van der Waals surface area contributed by atoms with E-state index in [1.54, 1.807) is 19.1 Å². The zero-order valence-electron chi connectivity index (χ0n) is 14.6. The molecule has 3 aromatic rings. The Morgan fingerprint density at radius 2 is 1.34 bits per heavy atom. The summed E-state index contributed by atoms with van der Waals surface area (Å²) in [5, 5.41) is 0. The Morgan fingerprint density at radius 3 is 1.93 bits per heavy atom.